The van der Waals surface area contributed by atoms with E-state index in [0.717, 1.165) is 3.57 Å². The summed E-state index contributed by atoms with van der Waals surface area (Å²) in [4.78, 5) is 6.56. The van der Waals surface area contributed by atoms with Gasteiger partial charge in [-0.3, -0.25) is 0 Å². The van der Waals surface area contributed by atoms with Gasteiger partial charge in [-0.25, -0.2) is 9.97 Å². The fourth-order valence-corrected chi connectivity index (χ4v) is 2.39. The number of alkyl halides is 3. The first kappa shape index (κ1) is 15.1. The number of nitrogens with two attached hydrogens (primary N) is 1. The average Bonchev–Trinajstić information content (AvgIpc) is 2.31. The van der Waals surface area contributed by atoms with Crippen molar-refractivity contribution in [3.63, 3.8) is 0 Å². The third-order valence-electron chi connectivity index (χ3n) is 2.19. The minimum atomic E-state index is -4.65. The lowest BCUT2D eigenvalue weighted by atomic mass is 10.3. The Labute approximate surface area is 130 Å². The number of nitrogens with zero attached hydrogens (tertiary/aromatic N) is 2. The molecule has 0 radical (unpaired) electrons. The minimum absolute atomic E-state index is 0.0370. The highest BCUT2D eigenvalue weighted by Crippen LogP contribution is 2.29. The Kier molecular flexibility index (Phi) is 4.23. The van der Waals surface area contributed by atoms with Crippen LogP contribution in [0.5, 0.6) is 0 Å². The molecule has 2 rings (SSSR count). The Morgan fingerprint density at radius 1 is 1.20 bits per heavy atom. The van der Waals surface area contributed by atoms with Gasteiger partial charge in [0.1, 0.15) is 11.6 Å². The molecular formula is C11H7ClF3IN4. The van der Waals surface area contributed by atoms with E-state index in [9.17, 15) is 13.2 Å². The Balaban J connectivity index is 2.36. The van der Waals surface area contributed by atoms with E-state index in [2.05, 4.69) is 15.3 Å². The van der Waals surface area contributed by atoms with Crippen LogP contribution in [0.1, 0.15) is 5.82 Å². The van der Waals surface area contributed by atoms with Crippen molar-refractivity contribution >= 4 is 51.5 Å². The van der Waals surface area contributed by atoms with Crippen LogP contribution in [0.4, 0.5) is 30.5 Å². The average molecular weight is 415 g/mol. The zero-order valence-corrected chi connectivity index (χ0v) is 12.6. The number of hydrogen-bond acceptors (Lipinski definition) is 4. The summed E-state index contributed by atoms with van der Waals surface area (Å²) in [5, 5.41) is 3.28. The van der Waals surface area contributed by atoms with E-state index >= 15 is 0 Å². The van der Waals surface area contributed by atoms with Crippen LogP contribution < -0.4 is 11.1 Å². The van der Waals surface area contributed by atoms with E-state index in [0.29, 0.717) is 10.7 Å². The molecule has 3 N–H and O–H groups in total. The Hall–Kier alpha value is -1.29. The first-order valence-electron chi connectivity index (χ1n) is 5.19. The largest absolute Gasteiger partial charge is 0.451 e. The lowest BCUT2D eigenvalue weighted by Gasteiger charge is -2.11. The quantitative estimate of drug-likeness (QED) is 0.727. The maximum atomic E-state index is 12.6. The number of anilines is 3. The van der Waals surface area contributed by atoms with E-state index in [4.69, 9.17) is 17.3 Å². The first-order chi connectivity index (χ1) is 9.25. The van der Waals surface area contributed by atoms with Crippen molar-refractivity contribution < 1.29 is 13.2 Å². The molecule has 0 unspecified atom stereocenters. The normalized spacial score (nSPS) is 11.4. The van der Waals surface area contributed by atoms with Gasteiger partial charge in [-0.15, -0.1) is 0 Å². The molecule has 1 aromatic carbocycles. The second-order valence-corrected chi connectivity index (χ2v) is 5.35. The topological polar surface area (TPSA) is 63.8 Å². The molecule has 2 aromatic rings. The van der Waals surface area contributed by atoms with Crippen molar-refractivity contribution in [3.8, 4) is 0 Å². The van der Waals surface area contributed by atoms with Crippen LogP contribution in [0, 0.1) is 3.57 Å². The van der Waals surface area contributed by atoms with E-state index < -0.39 is 12.0 Å². The lowest BCUT2D eigenvalue weighted by molar-refractivity contribution is -0.144. The summed E-state index contributed by atoms with van der Waals surface area (Å²) in [6.07, 6.45) is -4.65. The van der Waals surface area contributed by atoms with Gasteiger partial charge in [0.2, 0.25) is 5.82 Å². The molecule has 0 atom stereocenters. The number of nitrogen functional groups attached to an aromatic ring is 1. The zero-order chi connectivity index (χ0) is 14.9. The smallest absolute Gasteiger partial charge is 0.384 e. The molecule has 0 spiro atoms. The van der Waals surface area contributed by atoms with Crippen LogP contribution >= 0.6 is 34.2 Å². The fraction of sp³-hybridized carbons (Fsp3) is 0.0909. The number of nitrogens with one attached hydrogen (secondary N) is 1. The molecule has 1 aromatic heterocycles. The Morgan fingerprint density at radius 2 is 1.90 bits per heavy atom. The van der Waals surface area contributed by atoms with E-state index in [1.807, 2.05) is 22.6 Å². The van der Waals surface area contributed by atoms with Gasteiger partial charge in [0.25, 0.3) is 0 Å². The van der Waals surface area contributed by atoms with Crippen molar-refractivity contribution in [3.05, 3.63) is 38.7 Å². The summed E-state index contributed by atoms with van der Waals surface area (Å²) < 4.78 is 38.5. The highest BCUT2D eigenvalue weighted by Gasteiger charge is 2.35. The molecule has 0 fully saturated rings. The second-order valence-electron chi connectivity index (χ2n) is 3.75. The first-order valence-corrected chi connectivity index (χ1v) is 6.65. The summed E-state index contributed by atoms with van der Waals surface area (Å²) in [6.45, 7) is 0. The zero-order valence-electron chi connectivity index (χ0n) is 9.67. The second kappa shape index (κ2) is 5.60. The van der Waals surface area contributed by atoms with Crippen molar-refractivity contribution in [2.24, 2.45) is 0 Å². The number of aromatic nitrogens is 2. The lowest BCUT2D eigenvalue weighted by Crippen LogP contribution is -2.13. The third kappa shape index (κ3) is 3.63. The molecule has 0 aliphatic carbocycles. The van der Waals surface area contributed by atoms with Gasteiger partial charge in [-0.2, -0.15) is 13.2 Å². The molecule has 0 aliphatic heterocycles. The van der Waals surface area contributed by atoms with Gasteiger partial charge in [0.15, 0.2) is 0 Å². The Morgan fingerprint density at radius 3 is 2.50 bits per heavy atom. The fourth-order valence-electron chi connectivity index (χ4n) is 1.39. The number of benzene rings is 1. The number of halogens is 5. The molecule has 4 nitrogen and oxygen atoms in total. The molecule has 0 bridgehead atoms. The molecule has 0 saturated carbocycles. The standard InChI is InChI=1S/C11H7ClF3IN4/c12-5-1-2-7(6(16)3-5)18-9-4-8(17)19-10(20-9)11(13,14)15/h1-4H,(H3,17,18,19,20). The van der Waals surface area contributed by atoms with E-state index in [-0.39, 0.29) is 11.6 Å². The van der Waals surface area contributed by atoms with Crippen LogP contribution in [-0.4, -0.2) is 9.97 Å². The summed E-state index contributed by atoms with van der Waals surface area (Å²) in [6, 6.07) is 6.14. The van der Waals surface area contributed by atoms with Gasteiger partial charge in [0.05, 0.1) is 5.69 Å². The maximum absolute atomic E-state index is 12.6. The summed E-state index contributed by atoms with van der Waals surface area (Å²) >= 11 is 7.81. The highest BCUT2D eigenvalue weighted by atomic mass is 127. The minimum Gasteiger partial charge on any atom is -0.384 e. The Bertz CT molecular complexity index is 648. The molecule has 1 heterocycles. The van der Waals surface area contributed by atoms with E-state index in [1.54, 1.807) is 18.2 Å². The molecular weight excluding hydrogens is 408 g/mol. The van der Waals surface area contributed by atoms with Crippen LogP contribution in [0.2, 0.25) is 5.02 Å². The molecule has 20 heavy (non-hydrogen) atoms. The molecule has 9 heteroatoms. The van der Waals surface area contributed by atoms with Crippen molar-refractivity contribution in [1.29, 1.82) is 0 Å². The van der Waals surface area contributed by atoms with Crippen molar-refractivity contribution in [1.82, 2.24) is 9.97 Å². The van der Waals surface area contributed by atoms with Gasteiger partial charge in [-0.1, -0.05) is 11.6 Å². The predicted molar refractivity (Wildman–Crippen MR) is 78.9 cm³/mol. The SMILES string of the molecule is Nc1cc(Nc2ccc(Cl)cc2I)nc(C(F)(F)F)n1. The van der Waals surface area contributed by atoms with E-state index in [1.165, 1.54) is 6.07 Å². The predicted octanol–water partition coefficient (Wildman–Crippen LogP) is 4.08. The van der Waals surface area contributed by atoms with Crippen molar-refractivity contribution in [2.75, 3.05) is 11.1 Å². The van der Waals surface area contributed by atoms with Crippen molar-refractivity contribution in [2.45, 2.75) is 6.18 Å². The van der Waals surface area contributed by atoms with Gasteiger partial charge in [-0.05, 0) is 40.8 Å². The maximum Gasteiger partial charge on any atom is 0.451 e. The summed E-state index contributed by atoms with van der Waals surface area (Å²) in [5.74, 6) is -1.59. The highest BCUT2D eigenvalue weighted by molar-refractivity contribution is 14.1. The van der Waals surface area contributed by atoms with Gasteiger partial charge in [0, 0.05) is 14.7 Å². The number of rotatable bonds is 2. The molecule has 0 aliphatic rings. The molecule has 106 valence electrons. The summed E-state index contributed by atoms with van der Waals surface area (Å²) in [5.41, 5.74) is 5.93. The van der Waals surface area contributed by atoms with Crippen LogP contribution in [0.25, 0.3) is 0 Å². The summed E-state index contributed by atoms with van der Waals surface area (Å²) in [7, 11) is 0. The monoisotopic (exact) mass is 414 g/mol. The van der Waals surface area contributed by atoms with Crippen LogP contribution in [0.15, 0.2) is 24.3 Å². The van der Waals surface area contributed by atoms with Crippen LogP contribution in [0.3, 0.4) is 0 Å². The van der Waals surface area contributed by atoms with Gasteiger partial charge < -0.3 is 11.1 Å². The van der Waals surface area contributed by atoms with Crippen LogP contribution in [-0.2, 0) is 6.18 Å². The third-order valence-corrected chi connectivity index (χ3v) is 3.32. The molecule has 0 saturated heterocycles. The number of hydrogen-bond donors (Lipinski definition) is 2. The molecule has 0 amide bonds. The van der Waals surface area contributed by atoms with Gasteiger partial charge >= 0.3 is 6.18 Å².